The molecule has 1 saturated heterocycles. The van der Waals surface area contributed by atoms with Crippen molar-refractivity contribution in [3.63, 3.8) is 0 Å². The molecule has 0 radical (unpaired) electrons. The molecule has 0 aromatic carbocycles. The lowest BCUT2D eigenvalue weighted by Gasteiger charge is -2.26. The van der Waals surface area contributed by atoms with Gasteiger partial charge in [0.1, 0.15) is 12.6 Å². The van der Waals surface area contributed by atoms with Crippen LogP contribution < -0.4 is 10.6 Å². The minimum Gasteiger partial charge on any atom is -0.354 e. The van der Waals surface area contributed by atoms with Gasteiger partial charge in [-0.15, -0.1) is 11.3 Å². The summed E-state index contributed by atoms with van der Waals surface area (Å²) in [5.41, 5.74) is 0. The predicted octanol–water partition coefficient (Wildman–Crippen LogP) is 2.34. The monoisotopic (exact) mass is 408 g/mol. The van der Waals surface area contributed by atoms with Gasteiger partial charge in [-0.05, 0) is 24.3 Å². The van der Waals surface area contributed by atoms with Gasteiger partial charge in [0, 0.05) is 38.4 Å². The summed E-state index contributed by atoms with van der Waals surface area (Å²) in [5.74, 6) is 0.204. The first-order chi connectivity index (χ1) is 13.6. The Kier molecular flexibility index (Phi) is 7.70. The van der Waals surface area contributed by atoms with Gasteiger partial charge >= 0.3 is 0 Å². The number of nitrogens with zero attached hydrogens (tertiary/aromatic N) is 2. The molecule has 1 aromatic rings. The summed E-state index contributed by atoms with van der Waals surface area (Å²) in [4.78, 5) is 19.1. The molecule has 1 atom stereocenters. The summed E-state index contributed by atoms with van der Waals surface area (Å²) in [6.07, 6.45) is 6.83. The second-order valence-corrected chi connectivity index (χ2v) is 8.67. The minimum atomic E-state index is -0.383. The van der Waals surface area contributed by atoms with E-state index in [1.807, 2.05) is 11.4 Å². The second-order valence-electron chi connectivity index (χ2n) is 7.64. The van der Waals surface area contributed by atoms with Gasteiger partial charge in [0.15, 0.2) is 11.7 Å². The number of guanidine groups is 1. The van der Waals surface area contributed by atoms with Crippen molar-refractivity contribution in [3.05, 3.63) is 22.4 Å². The molecule has 1 aromatic heterocycles. The third kappa shape index (κ3) is 6.18. The van der Waals surface area contributed by atoms with Crippen molar-refractivity contribution in [1.29, 1.82) is 0 Å². The summed E-state index contributed by atoms with van der Waals surface area (Å²) < 4.78 is 12.4. The van der Waals surface area contributed by atoms with Crippen LogP contribution in [0.1, 0.15) is 43.4 Å². The second kappa shape index (κ2) is 10.2. The molecule has 2 fully saturated rings. The predicted molar refractivity (Wildman–Crippen MR) is 111 cm³/mol. The molecular formula is C20H32N4O3S. The van der Waals surface area contributed by atoms with Crippen LogP contribution in [0.2, 0.25) is 0 Å². The van der Waals surface area contributed by atoms with Crippen LogP contribution in [0.3, 0.4) is 0 Å². The van der Waals surface area contributed by atoms with E-state index in [-0.39, 0.29) is 24.3 Å². The molecule has 7 nitrogen and oxygen atoms in total. The van der Waals surface area contributed by atoms with Crippen LogP contribution in [0.5, 0.6) is 0 Å². The summed E-state index contributed by atoms with van der Waals surface area (Å²) >= 11 is 1.69. The topological polar surface area (TPSA) is 75.2 Å². The quantitative estimate of drug-likeness (QED) is 0.558. The fourth-order valence-corrected chi connectivity index (χ4v) is 4.15. The van der Waals surface area contributed by atoms with Gasteiger partial charge in [0.2, 0.25) is 5.91 Å². The van der Waals surface area contributed by atoms with E-state index in [9.17, 15) is 4.79 Å². The SMILES string of the molecule is CN(C)C(=O)CN=C(NCc1cccs1)NCC1COC2(CCCCCC2)O1. The Balaban J connectivity index is 1.53. The summed E-state index contributed by atoms with van der Waals surface area (Å²) in [6.45, 7) is 1.99. The number of aliphatic imine (C=N–C) groups is 1. The van der Waals surface area contributed by atoms with Gasteiger partial charge < -0.3 is 25.0 Å². The van der Waals surface area contributed by atoms with E-state index >= 15 is 0 Å². The maximum atomic E-state index is 11.9. The lowest BCUT2D eigenvalue weighted by atomic mass is 10.1. The van der Waals surface area contributed by atoms with Crippen LogP contribution in [0.25, 0.3) is 0 Å². The van der Waals surface area contributed by atoms with E-state index in [0.717, 1.165) is 12.8 Å². The van der Waals surface area contributed by atoms with Crippen LogP contribution in [-0.4, -0.2) is 62.4 Å². The van der Waals surface area contributed by atoms with Gasteiger partial charge in [-0.3, -0.25) is 4.79 Å². The van der Waals surface area contributed by atoms with Crippen molar-refractivity contribution in [3.8, 4) is 0 Å². The Morgan fingerprint density at radius 1 is 1.29 bits per heavy atom. The minimum absolute atomic E-state index is 0.00334. The molecule has 3 rings (SSSR count). The van der Waals surface area contributed by atoms with Crippen molar-refractivity contribution < 1.29 is 14.3 Å². The highest BCUT2D eigenvalue weighted by atomic mass is 32.1. The number of carbonyl (C=O) groups excluding carboxylic acids is 1. The van der Waals surface area contributed by atoms with Crippen LogP contribution in [0.15, 0.2) is 22.5 Å². The summed E-state index contributed by atoms with van der Waals surface area (Å²) in [6, 6.07) is 4.10. The Morgan fingerprint density at radius 2 is 2.07 bits per heavy atom. The highest BCUT2D eigenvalue weighted by Crippen LogP contribution is 2.36. The number of amides is 1. The third-order valence-electron chi connectivity index (χ3n) is 5.16. The van der Waals surface area contributed by atoms with Crippen LogP contribution >= 0.6 is 11.3 Å². The molecule has 0 bridgehead atoms. The number of nitrogens with one attached hydrogen (secondary N) is 2. The van der Waals surface area contributed by atoms with Crippen LogP contribution in [-0.2, 0) is 20.8 Å². The summed E-state index contributed by atoms with van der Waals surface area (Å²) in [7, 11) is 3.47. The van der Waals surface area contributed by atoms with Gasteiger partial charge in [-0.25, -0.2) is 4.99 Å². The first-order valence-electron chi connectivity index (χ1n) is 10.1. The van der Waals surface area contributed by atoms with E-state index in [0.29, 0.717) is 25.7 Å². The Morgan fingerprint density at radius 3 is 2.75 bits per heavy atom. The van der Waals surface area contributed by atoms with Gasteiger partial charge in [0.05, 0.1) is 13.2 Å². The molecular weight excluding hydrogens is 376 g/mol. The Labute approximate surface area is 171 Å². The average Bonchev–Trinajstić information content (AvgIpc) is 3.28. The number of rotatable bonds is 6. The van der Waals surface area contributed by atoms with Crippen molar-refractivity contribution in [2.45, 2.75) is 57.0 Å². The van der Waals surface area contributed by atoms with Gasteiger partial charge in [-0.1, -0.05) is 18.9 Å². The number of thiophene rings is 1. The highest BCUT2D eigenvalue weighted by Gasteiger charge is 2.41. The van der Waals surface area contributed by atoms with E-state index in [4.69, 9.17) is 9.47 Å². The van der Waals surface area contributed by atoms with Crippen LogP contribution in [0.4, 0.5) is 0 Å². The lowest BCUT2D eigenvalue weighted by molar-refractivity contribution is -0.175. The Bertz CT molecular complexity index is 640. The molecule has 1 aliphatic heterocycles. The number of hydrogen-bond donors (Lipinski definition) is 2. The number of ether oxygens (including phenoxy) is 2. The molecule has 1 amide bonds. The Hall–Kier alpha value is -1.64. The van der Waals surface area contributed by atoms with Crippen molar-refractivity contribution in [2.75, 3.05) is 33.8 Å². The fraction of sp³-hybridized carbons (Fsp3) is 0.700. The molecule has 1 saturated carbocycles. The molecule has 2 N–H and O–H groups in total. The number of hydrogen-bond acceptors (Lipinski definition) is 5. The van der Waals surface area contributed by atoms with E-state index in [1.54, 1.807) is 30.3 Å². The van der Waals surface area contributed by atoms with E-state index < -0.39 is 0 Å². The van der Waals surface area contributed by atoms with Crippen molar-refractivity contribution in [2.24, 2.45) is 4.99 Å². The molecule has 2 heterocycles. The molecule has 8 heteroatoms. The average molecular weight is 409 g/mol. The van der Waals surface area contributed by atoms with E-state index in [2.05, 4.69) is 21.7 Å². The first kappa shape index (κ1) is 21.1. The zero-order valence-corrected chi connectivity index (χ0v) is 17.7. The third-order valence-corrected chi connectivity index (χ3v) is 6.03. The van der Waals surface area contributed by atoms with Crippen molar-refractivity contribution in [1.82, 2.24) is 15.5 Å². The molecule has 1 aliphatic carbocycles. The zero-order valence-electron chi connectivity index (χ0n) is 16.9. The van der Waals surface area contributed by atoms with Gasteiger partial charge in [-0.2, -0.15) is 0 Å². The molecule has 1 spiro atoms. The first-order valence-corrected chi connectivity index (χ1v) is 11.0. The van der Waals surface area contributed by atoms with Crippen LogP contribution in [0, 0.1) is 0 Å². The fourth-order valence-electron chi connectivity index (χ4n) is 3.50. The molecule has 1 unspecified atom stereocenters. The highest BCUT2D eigenvalue weighted by molar-refractivity contribution is 7.09. The van der Waals surface area contributed by atoms with E-state index in [1.165, 1.54) is 30.6 Å². The molecule has 156 valence electrons. The normalized spacial score (nSPS) is 22.1. The maximum Gasteiger partial charge on any atom is 0.243 e. The standard InChI is InChI=1S/C20H32N4O3S/c1-24(2)18(25)14-23-19(22-13-17-8-7-11-28-17)21-12-16-15-26-20(27-16)9-5-3-4-6-10-20/h7-8,11,16H,3-6,9-10,12-15H2,1-2H3,(H2,21,22,23). The largest absolute Gasteiger partial charge is 0.354 e. The number of likely N-dealkylation sites (N-methyl/N-ethyl adjacent to an activating group) is 1. The van der Waals surface area contributed by atoms with Crippen molar-refractivity contribution >= 4 is 23.2 Å². The maximum absolute atomic E-state index is 11.9. The molecule has 2 aliphatic rings. The molecule has 28 heavy (non-hydrogen) atoms. The lowest BCUT2D eigenvalue weighted by Crippen LogP contribution is -2.42. The van der Waals surface area contributed by atoms with Gasteiger partial charge in [0.25, 0.3) is 0 Å². The smallest absolute Gasteiger partial charge is 0.243 e. The summed E-state index contributed by atoms with van der Waals surface area (Å²) in [5, 5.41) is 8.68. The number of carbonyl (C=O) groups is 1. The zero-order chi connectivity index (χ0) is 19.8.